The molecule has 0 atom stereocenters. The third-order valence-corrected chi connectivity index (χ3v) is 5.83. The molecule has 0 amide bonds. The van der Waals surface area contributed by atoms with Crippen molar-refractivity contribution >= 4 is 17.0 Å². The summed E-state index contributed by atoms with van der Waals surface area (Å²) >= 11 is 0. The van der Waals surface area contributed by atoms with Gasteiger partial charge in [-0.25, -0.2) is 4.98 Å². The third kappa shape index (κ3) is 3.79. The standard InChI is InChI=1S/C29H21N7/c1-2-3-11-23-18-21-9-4-5-13-26(21)35(23)24-14-15-27(32-20-24)36-28(22-10-8-16-30-19-22)33-34-29(36)25-12-6-7-17-31-25/h2,4-20H,1H3. The van der Waals surface area contributed by atoms with Gasteiger partial charge in [-0.1, -0.05) is 24.3 Å². The molecule has 0 aliphatic rings. The Labute approximate surface area is 207 Å². The van der Waals surface area contributed by atoms with E-state index in [1.807, 2.05) is 78.4 Å². The average molecular weight is 468 g/mol. The molecule has 0 aliphatic carbocycles. The lowest BCUT2D eigenvalue weighted by molar-refractivity contribution is 0.982. The topological polar surface area (TPSA) is 74.3 Å². The number of allylic oxidation sites excluding steroid dienone is 1. The molecule has 6 aromatic rings. The molecule has 0 N–H and O–H groups in total. The van der Waals surface area contributed by atoms with E-state index in [0.717, 1.165) is 27.8 Å². The highest BCUT2D eigenvalue weighted by molar-refractivity contribution is 5.85. The maximum atomic E-state index is 4.85. The predicted octanol–water partition coefficient (Wildman–Crippen LogP) is 5.92. The summed E-state index contributed by atoms with van der Waals surface area (Å²) in [6, 6.07) is 24.0. The molecule has 0 aliphatic heterocycles. The van der Waals surface area contributed by atoms with Crippen LogP contribution in [0, 0.1) is 0 Å². The fraction of sp³-hybridized carbons (Fsp3) is 0.0345. The van der Waals surface area contributed by atoms with Gasteiger partial charge in [0.15, 0.2) is 11.6 Å². The second-order valence-electron chi connectivity index (χ2n) is 8.08. The molecule has 172 valence electrons. The normalized spacial score (nSPS) is 10.8. The molecule has 0 saturated carbocycles. The molecular formula is C29H21N7. The zero-order valence-electron chi connectivity index (χ0n) is 19.5. The van der Waals surface area contributed by atoms with Crippen molar-refractivity contribution in [3.8, 4) is 34.4 Å². The number of fused-ring (bicyclic) bond motifs is 1. The first-order valence-corrected chi connectivity index (χ1v) is 11.5. The molecule has 7 nitrogen and oxygen atoms in total. The lowest BCUT2D eigenvalue weighted by atomic mass is 10.2. The lowest BCUT2D eigenvalue weighted by Crippen LogP contribution is -2.05. The van der Waals surface area contributed by atoms with E-state index in [9.17, 15) is 0 Å². The summed E-state index contributed by atoms with van der Waals surface area (Å²) in [4.78, 5) is 13.6. The van der Waals surface area contributed by atoms with Crippen molar-refractivity contribution in [1.82, 2.24) is 34.3 Å². The number of para-hydroxylation sites is 1. The number of hydrogen-bond donors (Lipinski definition) is 0. The van der Waals surface area contributed by atoms with Gasteiger partial charge in [-0.3, -0.25) is 14.5 Å². The quantitative estimate of drug-likeness (QED) is 0.294. The molecule has 7 heteroatoms. The molecule has 36 heavy (non-hydrogen) atoms. The number of hydrogen-bond acceptors (Lipinski definition) is 5. The van der Waals surface area contributed by atoms with Crippen LogP contribution in [0.2, 0.25) is 0 Å². The summed E-state index contributed by atoms with van der Waals surface area (Å²) in [5, 5.41) is 10.1. The Morgan fingerprint density at radius 2 is 1.67 bits per heavy atom. The Kier molecular flexibility index (Phi) is 5.50. The second-order valence-corrected chi connectivity index (χ2v) is 8.08. The Morgan fingerprint density at radius 3 is 2.44 bits per heavy atom. The van der Waals surface area contributed by atoms with E-state index in [-0.39, 0.29) is 0 Å². The van der Waals surface area contributed by atoms with Crippen LogP contribution >= 0.6 is 0 Å². The summed E-state index contributed by atoms with van der Waals surface area (Å²) in [7, 11) is 0. The van der Waals surface area contributed by atoms with Gasteiger partial charge in [0.05, 0.1) is 23.1 Å². The first-order valence-electron chi connectivity index (χ1n) is 11.5. The van der Waals surface area contributed by atoms with Gasteiger partial charge in [0.2, 0.25) is 0 Å². The Balaban J connectivity index is 1.51. The van der Waals surface area contributed by atoms with E-state index in [4.69, 9.17) is 4.98 Å². The first-order chi connectivity index (χ1) is 17.8. The van der Waals surface area contributed by atoms with E-state index >= 15 is 0 Å². The van der Waals surface area contributed by atoms with Crippen molar-refractivity contribution in [3.05, 3.63) is 115 Å². The fourth-order valence-electron chi connectivity index (χ4n) is 4.23. The number of aromatic nitrogens is 7. The maximum absolute atomic E-state index is 4.85. The van der Waals surface area contributed by atoms with Crippen LogP contribution in [0.25, 0.3) is 51.4 Å². The molecule has 5 heterocycles. The molecule has 0 spiro atoms. The molecule has 1 aromatic carbocycles. The average Bonchev–Trinajstić information content (AvgIpc) is 3.55. The van der Waals surface area contributed by atoms with Crippen LogP contribution in [0.15, 0.2) is 109 Å². The molecule has 0 fully saturated rings. The zero-order valence-corrected chi connectivity index (χ0v) is 19.5. The number of benzene rings is 1. The van der Waals surface area contributed by atoms with Crippen LogP contribution in [0.4, 0.5) is 0 Å². The summed E-state index contributed by atoms with van der Waals surface area (Å²) in [6.07, 6.45) is 11.0. The predicted molar refractivity (Wildman–Crippen MR) is 141 cm³/mol. The molecule has 0 bridgehead atoms. The number of rotatable bonds is 5. The highest BCUT2D eigenvalue weighted by atomic mass is 15.3. The minimum atomic E-state index is 0.609. The van der Waals surface area contributed by atoms with Crippen LogP contribution < -0.4 is 0 Å². The van der Waals surface area contributed by atoms with Gasteiger partial charge in [-0.2, -0.15) is 0 Å². The van der Waals surface area contributed by atoms with Crippen LogP contribution in [0.1, 0.15) is 12.6 Å². The van der Waals surface area contributed by atoms with Crippen LogP contribution in [0.3, 0.4) is 0 Å². The Hall–Kier alpha value is -5.13. The van der Waals surface area contributed by atoms with Crippen molar-refractivity contribution in [1.29, 1.82) is 0 Å². The van der Waals surface area contributed by atoms with E-state index in [1.54, 1.807) is 18.6 Å². The third-order valence-electron chi connectivity index (χ3n) is 5.83. The maximum Gasteiger partial charge on any atom is 0.188 e. The van der Waals surface area contributed by atoms with Crippen LogP contribution in [-0.2, 0) is 0 Å². The van der Waals surface area contributed by atoms with Crippen molar-refractivity contribution in [2.45, 2.75) is 6.92 Å². The highest BCUT2D eigenvalue weighted by Gasteiger charge is 2.19. The van der Waals surface area contributed by atoms with E-state index in [1.165, 1.54) is 0 Å². The monoisotopic (exact) mass is 467 g/mol. The van der Waals surface area contributed by atoms with Gasteiger partial charge in [-0.15, -0.1) is 15.9 Å². The molecule has 5 aromatic heterocycles. The van der Waals surface area contributed by atoms with Gasteiger partial charge in [0.25, 0.3) is 0 Å². The summed E-state index contributed by atoms with van der Waals surface area (Å²) in [5.74, 6) is 1.94. The summed E-state index contributed by atoms with van der Waals surface area (Å²) in [6.45, 7) is 1.96. The first kappa shape index (κ1) is 21.4. The highest BCUT2D eigenvalue weighted by Crippen LogP contribution is 2.28. The summed E-state index contributed by atoms with van der Waals surface area (Å²) in [5.41, 5.74) is 7.82. The lowest BCUT2D eigenvalue weighted by Gasteiger charge is -2.12. The Bertz CT molecular complexity index is 1650. The second kappa shape index (κ2) is 9.25. The van der Waals surface area contributed by atoms with E-state index < -0.39 is 0 Å². The number of nitrogens with zero attached hydrogens (tertiary/aromatic N) is 7. The van der Waals surface area contributed by atoms with Gasteiger partial charge < -0.3 is 4.57 Å². The van der Waals surface area contributed by atoms with Crippen molar-refractivity contribution in [2.75, 3.05) is 0 Å². The van der Waals surface area contributed by atoms with Crippen LogP contribution in [0.5, 0.6) is 0 Å². The van der Waals surface area contributed by atoms with Gasteiger partial charge in [0, 0.05) is 35.6 Å². The minimum absolute atomic E-state index is 0.609. The van der Waals surface area contributed by atoms with Crippen LogP contribution in [-0.4, -0.2) is 34.3 Å². The van der Waals surface area contributed by atoms with Gasteiger partial charge in [0.1, 0.15) is 11.5 Å². The van der Waals surface area contributed by atoms with Gasteiger partial charge >= 0.3 is 0 Å². The fourth-order valence-corrected chi connectivity index (χ4v) is 4.23. The molecule has 0 unspecified atom stereocenters. The molecular weight excluding hydrogens is 446 g/mol. The van der Waals surface area contributed by atoms with Crippen molar-refractivity contribution < 1.29 is 0 Å². The molecule has 0 saturated heterocycles. The Morgan fingerprint density at radius 1 is 0.778 bits per heavy atom. The number of pyridine rings is 3. The van der Waals surface area contributed by atoms with Crippen molar-refractivity contribution in [2.24, 2.45) is 0 Å². The SMILES string of the molecule is CC=C=Cc1cc2ccccc2n1-c1ccc(-n2c(-c3cccnc3)nnc2-c2ccccn2)nc1. The van der Waals surface area contributed by atoms with E-state index in [0.29, 0.717) is 23.2 Å². The summed E-state index contributed by atoms with van der Waals surface area (Å²) < 4.78 is 4.09. The van der Waals surface area contributed by atoms with Gasteiger partial charge in [-0.05, 0) is 61.5 Å². The zero-order chi connectivity index (χ0) is 24.3. The molecule has 6 rings (SSSR count). The van der Waals surface area contributed by atoms with Crippen molar-refractivity contribution in [3.63, 3.8) is 0 Å². The minimum Gasteiger partial charge on any atom is -0.308 e. The largest absolute Gasteiger partial charge is 0.308 e. The molecule has 0 radical (unpaired) electrons. The smallest absolute Gasteiger partial charge is 0.188 e. The van der Waals surface area contributed by atoms with E-state index in [2.05, 4.69) is 54.7 Å².